The van der Waals surface area contributed by atoms with Crippen LogP contribution in [0.1, 0.15) is 10.4 Å². The van der Waals surface area contributed by atoms with Crippen molar-refractivity contribution >= 4 is 33.2 Å². The van der Waals surface area contributed by atoms with Gasteiger partial charge in [0.15, 0.2) is 0 Å². The second-order valence-electron chi connectivity index (χ2n) is 4.30. The van der Waals surface area contributed by atoms with E-state index >= 15 is 0 Å². The number of hydrogen-bond acceptors (Lipinski definition) is 2. The van der Waals surface area contributed by atoms with Gasteiger partial charge in [0.05, 0.1) is 5.92 Å². The molecule has 0 radical (unpaired) electrons. The van der Waals surface area contributed by atoms with Crippen molar-refractivity contribution in [2.24, 2.45) is 5.92 Å². The molecule has 0 fully saturated rings. The summed E-state index contributed by atoms with van der Waals surface area (Å²) in [6, 6.07) is 8.02. The van der Waals surface area contributed by atoms with Gasteiger partial charge in [-0.05, 0) is 52.5 Å². The summed E-state index contributed by atoms with van der Waals surface area (Å²) < 4.78 is 14.1. The van der Waals surface area contributed by atoms with Gasteiger partial charge in [-0.15, -0.1) is 11.3 Å². The van der Waals surface area contributed by atoms with Crippen molar-refractivity contribution in [3.63, 3.8) is 0 Å². The topological polar surface area (TPSA) is 37.3 Å². The maximum Gasteiger partial charge on any atom is 0.307 e. The molecular formula is C14H12BrFO2S. The van der Waals surface area contributed by atoms with Crippen LogP contribution < -0.4 is 0 Å². The Balaban J connectivity index is 2.10. The van der Waals surface area contributed by atoms with Crippen molar-refractivity contribution < 1.29 is 14.3 Å². The number of rotatable bonds is 5. The van der Waals surface area contributed by atoms with Crippen LogP contribution >= 0.6 is 27.3 Å². The molecule has 0 saturated heterocycles. The van der Waals surface area contributed by atoms with E-state index in [1.807, 2.05) is 11.4 Å². The molecule has 100 valence electrons. The molecule has 2 aromatic rings. The van der Waals surface area contributed by atoms with Gasteiger partial charge in [0.2, 0.25) is 0 Å². The van der Waals surface area contributed by atoms with E-state index in [0.29, 0.717) is 18.4 Å². The van der Waals surface area contributed by atoms with Gasteiger partial charge in [-0.1, -0.05) is 12.1 Å². The van der Waals surface area contributed by atoms with Gasteiger partial charge in [-0.25, -0.2) is 4.39 Å². The molecule has 1 heterocycles. The van der Waals surface area contributed by atoms with E-state index in [0.717, 1.165) is 9.35 Å². The highest BCUT2D eigenvalue weighted by atomic mass is 79.9. The maximum absolute atomic E-state index is 13.1. The first-order valence-electron chi connectivity index (χ1n) is 5.75. The zero-order chi connectivity index (χ0) is 13.8. The molecule has 1 atom stereocenters. The van der Waals surface area contributed by atoms with Gasteiger partial charge in [-0.2, -0.15) is 0 Å². The summed E-state index contributed by atoms with van der Waals surface area (Å²) in [4.78, 5) is 12.3. The lowest BCUT2D eigenvalue weighted by molar-refractivity contribution is -0.141. The Morgan fingerprint density at radius 2 is 2.16 bits per heavy atom. The lowest BCUT2D eigenvalue weighted by atomic mass is 9.95. The number of carbonyl (C=O) groups is 1. The molecule has 0 aliphatic heterocycles. The van der Waals surface area contributed by atoms with Crippen LogP contribution in [0, 0.1) is 11.7 Å². The number of carboxylic acid groups (broad SMARTS) is 1. The Bertz CT molecular complexity index is 582. The molecule has 0 spiro atoms. The minimum Gasteiger partial charge on any atom is -0.481 e. The molecule has 2 rings (SSSR count). The molecule has 0 bridgehead atoms. The molecule has 1 aromatic carbocycles. The largest absolute Gasteiger partial charge is 0.481 e. The first-order valence-corrected chi connectivity index (χ1v) is 7.42. The van der Waals surface area contributed by atoms with Crippen LogP contribution in [0.15, 0.2) is 40.2 Å². The molecule has 0 amide bonds. The highest BCUT2D eigenvalue weighted by molar-refractivity contribution is 9.10. The van der Waals surface area contributed by atoms with Gasteiger partial charge < -0.3 is 5.11 Å². The Labute approximate surface area is 123 Å². The molecule has 5 heteroatoms. The average Bonchev–Trinajstić information content (AvgIpc) is 2.74. The Kier molecular flexibility index (Phi) is 4.71. The summed E-state index contributed by atoms with van der Waals surface area (Å²) >= 11 is 4.87. The number of halogens is 2. The van der Waals surface area contributed by atoms with Crippen LogP contribution in [0.2, 0.25) is 0 Å². The molecule has 1 unspecified atom stereocenters. The Morgan fingerprint density at radius 1 is 1.37 bits per heavy atom. The number of carboxylic acids is 1. The third-order valence-electron chi connectivity index (χ3n) is 2.79. The minimum atomic E-state index is -0.853. The van der Waals surface area contributed by atoms with Crippen molar-refractivity contribution in [1.82, 2.24) is 0 Å². The van der Waals surface area contributed by atoms with Crippen molar-refractivity contribution in [2.75, 3.05) is 0 Å². The van der Waals surface area contributed by atoms with Crippen LogP contribution in [0.5, 0.6) is 0 Å². The summed E-state index contributed by atoms with van der Waals surface area (Å²) in [6.07, 6.45) is 0.796. The fourth-order valence-electron chi connectivity index (χ4n) is 1.90. The number of thiophene rings is 1. The van der Waals surface area contributed by atoms with Gasteiger partial charge in [-0.3, -0.25) is 4.79 Å². The van der Waals surface area contributed by atoms with E-state index in [9.17, 15) is 14.3 Å². The van der Waals surface area contributed by atoms with Crippen LogP contribution in [-0.2, 0) is 17.6 Å². The van der Waals surface area contributed by atoms with Gasteiger partial charge in [0.25, 0.3) is 0 Å². The fourth-order valence-corrected chi connectivity index (χ4v) is 3.43. The number of hydrogen-bond donors (Lipinski definition) is 1. The number of benzene rings is 1. The lowest BCUT2D eigenvalue weighted by Crippen LogP contribution is -2.18. The second-order valence-corrected chi connectivity index (χ2v) is 6.22. The predicted molar refractivity (Wildman–Crippen MR) is 77.0 cm³/mol. The maximum atomic E-state index is 13.1. The van der Waals surface area contributed by atoms with Gasteiger partial charge >= 0.3 is 5.97 Å². The molecule has 0 saturated carbocycles. The van der Waals surface area contributed by atoms with E-state index < -0.39 is 11.9 Å². The quantitative estimate of drug-likeness (QED) is 0.886. The fraction of sp³-hybridized carbons (Fsp3) is 0.214. The first-order chi connectivity index (χ1) is 9.04. The SMILES string of the molecule is O=C(O)C(Cc1cccc(F)c1)Cc1cc(Br)cs1. The summed E-state index contributed by atoms with van der Waals surface area (Å²) in [5.41, 5.74) is 0.711. The normalized spacial score (nSPS) is 12.3. The number of aliphatic carboxylic acids is 1. The van der Waals surface area contributed by atoms with Crippen LogP contribution in [-0.4, -0.2) is 11.1 Å². The standard InChI is InChI=1S/C14H12BrFO2S/c15-11-7-13(19-8-11)6-10(14(17)18)4-9-2-1-3-12(16)5-9/h1-3,5,7-8,10H,4,6H2,(H,17,18). The van der Waals surface area contributed by atoms with E-state index in [4.69, 9.17) is 0 Å². The van der Waals surface area contributed by atoms with E-state index in [-0.39, 0.29) is 5.82 Å². The highest BCUT2D eigenvalue weighted by Gasteiger charge is 2.19. The van der Waals surface area contributed by atoms with Crippen LogP contribution in [0.4, 0.5) is 4.39 Å². The lowest BCUT2D eigenvalue weighted by Gasteiger charge is -2.11. The minimum absolute atomic E-state index is 0.333. The zero-order valence-electron chi connectivity index (χ0n) is 9.98. The molecule has 1 N–H and O–H groups in total. The van der Waals surface area contributed by atoms with E-state index in [2.05, 4.69) is 15.9 Å². The van der Waals surface area contributed by atoms with E-state index in [1.54, 1.807) is 12.1 Å². The Morgan fingerprint density at radius 3 is 2.74 bits per heavy atom. The molecule has 2 nitrogen and oxygen atoms in total. The molecule has 19 heavy (non-hydrogen) atoms. The smallest absolute Gasteiger partial charge is 0.307 e. The van der Waals surface area contributed by atoms with Gasteiger partial charge in [0, 0.05) is 14.7 Å². The van der Waals surface area contributed by atoms with Crippen LogP contribution in [0.25, 0.3) is 0 Å². The molecule has 0 aliphatic carbocycles. The Hall–Kier alpha value is -1.20. The highest BCUT2D eigenvalue weighted by Crippen LogP contribution is 2.24. The molecule has 1 aromatic heterocycles. The van der Waals surface area contributed by atoms with E-state index in [1.165, 1.54) is 23.5 Å². The van der Waals surface area contributed by atoms with Crippen molar-refractivity contribution in [1.29, 1.82) is 0 Å². The summed E-state index contributed by atoms with van der Waals surface area (Å²) in [7, 11) is 0. The zero-order valence-corrected chi connectivity index (χ0v) is 12.4. The predicted octanol–water partition coefficient (Wildman–Crippen LogP) is 4.14. The monoisotopic (exact) mass is 342 g/mol. The van der Waals surface area contributed by atoms with Gasteiger partial charge in [0.1, 0.15) is 5.82 Å². The first kappa shape index (κ1) is 14.2. The summed E-state index contributed by atoms with van der Waals surface area (Å²) in [6.45, 7) is 0. The summed E-state index contributed by atoms with van der Waals surface area (Å²) in [5, 5.41) is 11.2. The van der Waals surface area contributed by atoms with Crippen molar-refractivity contribution in [3.05, 3.63) is 56.4 Å². The van der Waals surface area contributed by atoms with Crippen LogP contribution in [0.3, 0.4) is 0 Å². The summed E-state index contributed by atoms with van der Waals surface area (Å²) in [5.74, 6) is -1.72. The third-order valence-corrected chi connectivity index (χ3v) is 4.51. The van der Waals surface area contributed by atoms with Crippen molar-refractivity contribution in [3.8, 4) is 0 Å². The molecular weight excluding hydrogens is 331 g/mol. The second kappa shape index (κ2) is 6.30. The average molecular weight is 343 g/mol. The third kappa shape index (κ3) is 4.14. The molecule has 0 aliphatic rings. The van der Waals surface area contributed by atoms with Crippen molar-refractivity contribution in [2.45, 2.75) is 12.8 Å².